The monoisotopic (exact) mass is 375 g/mol. The van der Waals surface area contributed by atoms with Gasteiger partial charge < -0.3 is 9.98 Å². The van der Waals surface area contributed by atoms with Gasteiger partial charge >= 0.3 is 0 Å². The van der Waals surface area contributed by atoms with Crippen molar-refractivity contribution in [1.82, 2.24) is 4.57 Å². The number of nitrogens with zero attached hydrogens (tertiary/aromatic N) is 3. The summed E-state index contributed by atoms with van der Waals surface area (Å²) in [6.07, 6.45) is 3.61. The molecule has 0 aliphatic carbocycles. The number of anilines is 1. The summed E-state index contributed by atoms with van der Waals surface area (Å²) in [6.45, 7) is 4.27. The molecule has 3 aromatic rings. The molecule has 0 saturated carbocycles. The van der Waals surface area contributed by atoms with Crippen LogP contribution >= 0.6 is 0 Å². The predicted molar refractivity (Wildman–Crippen MR) is 109 cm³/mol. The van der Waals surface area contributed by atoms with Gasteiger partial charge in [0.2, 0.25) is 0 Å². The van der Waals surface area contributed by atoms with Gasteiger partial charge in [0, 0.05) is 18.5 Å². The summed E-state index contributed by atoms with van der Waals surface area (Å²) in [7, 11) is 0. The summed E-state index contributed by atoms with van der Waals surface area (Å²) in [5, 5.41) is 23.9. The number of benzene rings is 2. The van der Waals surface area contributed by atoms with Crippen molar-refractivity contribution in [3.05, 3.63) is 99.2 Å². The number of rotatable bonds is 6. The Balaban J connectivity index is 1.96. The molecule has 1 heterocycles. The van der Waals surface area contributed by atoms with Gasteiger partial charge in [-0.05, 0) is 43.2 Å². The van der Waals surface area contributed by atoms with E-state index in [1.165, 1.54) is 6.07 Å². The van der Waals surface area contributed by atoms with E-state index < -0.39 is 4.92 Å². The molecule has 0 fully saturated rings. The Morgan fingerprint density at radius 2 is 1.71 bits per heavy atom. The fourth-order valence-electron chi connectivity index (χ4n) is 2.69. The molecule has 0 aliphatic heterocycles. The molecule has 3 rings (SSSR count). The number of nitro benzene ring substituents is 1. The van der Waals surface area contributed by atoms with Crippen molar-refractivity contribution in [3.63, 3.8) is 0 Å². The van der Waals surface area contributed by atoms with Crippen molar-refractivity contribution in [2.45, 2.75) is 20.4 Å². The molecule has 7 nitrogen and oxygen atoms in total. The van der Waals surface area contributed by atoms with Gasteiger partial charge in [-0.1, -0.05) is 35.9 Å². The van der Waals surface area contributed by atoms with E-state index in [-0.39, 0.29) is 5.69 Å². The number of hydrogen-bond donors (Lipinski definition) is 2. The summed E-state index contributed by atoms with van der Waals surface area (Å²) in [6, 6.07) is 16.3. The molecule has 0 aliphatic rings. The molecule has 0 amide bonds. The van der Waals surface area contributed by atoms with E-state index in [0.717, 1.165) is 22.4 Å². The van der Waals surface area contributed by atoms with Crippen LogP contribution in [0.3, 0.4) is 0 Å². The minimum Gasteiger partial charge on any atom is -0.348 e. The van der Waals surface area contributed by atoms with Crippen LogP contribution in [0.4, 0.5) is 11.4 Å². The molecule has 0 saturated heterocycles. The van der Waals surface area contributed by atoms with Crippen molar-refractivity contribution in [3.8, 4) is 0 Å². The van der Waals surface area contributed by atoms with Crippen molar-refractivity contribution in [1.29, 1.82) is 5.41 Å². The molecule has 0 atom stereocenters. The molecule has 7 heteroatoms. The van der Waals surface area contributed by atoms with Crippen molar-refractivity contribution in [2.75, 3.05) is 5.43 Å². The lowest BCUT2D eigenvalue weighted by molar-refractivity contribution is -0.384. The van der Waals surface area contributed by atoms with Crippen LogP contribution in [0.25, 0.3) is 0 Å². The minimum atomic E-state index is -0.419. The molecular formula is C21H21N5O2. The third-order valence-electron chi connectivity index (χ3n) is 4.27. The maximum Gasteiger partial charge on any atom is 0.294 e. The third kappa shape index (κ3) is 4.70. The first-order valence-corrected chi connectivity index (χ1v) is 8.78. The molecule has 142 valence electrons. The highest BCUT2D eigenvalue weighted by molar-refractivity contribution is 6.01. The van der Waals surface area contributed by atoms with Crippen molar-refractivity contribution in [2.24, 2.45) is 5.10 Å². The van der Waals surface area contributed by atoms with Gasteiger partial charge in [-0.15, -0.1) is 0 Å². The largest absolute Gasteiger partial charge is 0.348 e. The number of aromatic nitrogens is 1. The summed E-state index contributed by atoms with van der Waals surface area (Å²) in [4.78, 5) is 10.9. The van der Waals surface area contributed by atoms with Gasteiger partial charge in [0.25, 0.3) is 5.69 Å². The van der Waals surface area contributed by atoms with Crippen LogP contribution in [-0.2, 0) is 6.54 Å². The van der Waals surface area contributed by atoms with E-state index in [4.69, 9.17) is 5.41 Å². The lowest BCUT2D eigenvalue weighted by atomic mass is 10.1. The average molecular weight is 375 g/mol. The SMILES string of the molecule is Cc1ccc(/C(Cn2ccc(=N)cc2)=N/Nc2ccc(C)cc2[N+](=O)[O-])cc1. The minimum absolute atomic E-state index is 0.0155. The first-order chi connectivity index (χ1) is 13.4. The maximum atomic E-state index is 11.3. The van der Waals surface area contributed by atoms with E-state index in [1.807, 2.05) is 42.7 Å². The zero-order chi connectivity index (χ0) is 20.1. The van der Waals surface area contributed by atoms with Crippen molar-refractivity contribution < 1.29 is 4.92 Å². The van der Waals surface area contributed by atoms with Crippen LogP contribution in [0.5, 0.6) is 0 Å². The number of aryl methyl sites for hydroxylation is 2. The van der Waals surface area contributed by atoms with E-state index in [9.17, 15) is 10.1 Å². The Hall–Kier alpha value is -3.74. The number of nitro groups is 1. The molecule has 28 heavy (non-hydrogen) atoms. The lowest BCUT2D eigenvalue weighted by Crippen LogP contribution is -2.15. The Kier molecular flexibility index (Phi) is 5.64. The second kappa shape index (κ2) is 8.30. The molecule has 0 radical (unpaired) electrons. The molecule has 0 bridgehead atoms. The van der Waals surface area contributed by atoms with Gasteiger partial charge in [-0.2, -0.15) is 5.10 Å². The van der Waals surface area contributed by atoms with Gasteiger partial charge in [0.1, 0.15) is 5.69 Å². The topological polar surface area (TPSA) is 96.3 Å². The Bertz CT molecular complexity index is 1060. The summed E-state index contributed by atoms with van der Waals surface area (Å²) in [5.41, 5.74) is 6.77. The van der Waals surface area contributed by atoms with E-state index >= 15 is 0 Å². The Morgan fingerprint density at radius 3 is 2.36 bits per heavy atom. The number of nitrogens with one attached hydrogen (secondary N) is 2. The number of hydrogen-bond acceptors (Lipinski definition) is 5. The first-order valence-electron chi connectivity index (χ1n) is 8.78. The molecule has 0 spiro atoms. The zero-order valence-corrected chi connectivity index (χ0v) is 15.7. The second-order valence-electron chi connectivity index (χ2n) is 6.57. The van der Waals surface area contributed by atoms with Crippen LogP contribution in [0.2, 0.25) is 0 Å². The highest BCUT2D eigenvalue weighted by atomic mass is 16.6. The molecular weight excluding hydrogens is 354 g/mol. The standard InChI is InChI=1S/C21H21N5O2/c1-15-3-6-17(7-4-15)20(14-25-11-9-18(22)10-12-25)24-23-19-8-5-16(2)13-21(19)26(27)28/h3-13,22-23H,14H2,1-2H3/b24-20+. The lowest BCUT2D eigenvalue weighted by Gasteiger charge is -2.11. The molecule has 0 unspecified atom stereocenters. The van der Waals surface area contributed by atoms with Crippen molar-refractivity contribution >= 4 is 17.1 Å². The van der Waals surface area contributed by atoms with Crippen LogP contribution in [0, 0.1) is 29.4 Å². The average Bonchev–Trinajstić information content (AvgIpc) is 2.68. The van der Waals surface area contributed by atoms with Gasteiger partial charge in [-0.25, -0.2) is 0 Å². The first kappa shape index (κ1) is 19.0. The summed E-state index contributed by atoms with van der Waals surface area (Å²) in [5.74, 6) is 0. The van der Waals surface area contributed by atoms with Gasteiger partial charge in [0.05, 0.1) is 22.5 Å². The van der Waals surface area contributed by atoms with Crippen LogP contribution in [0.1, 0.15) is 16.7 Å². The van der Waals surface area contributed by atoms with Crippen LogP contribution in [-0.4, -0.2) is 15.2 Å². The normalized spacial score (nSPS) is 11.3. The van der Waals surface area contributed by atoms with E-state index in [2.05, 4.69) is 10.5 Å². The van der Waals surface area contributed by atoms with E-state index in [0.29, 0.717) is 17.6 Å². The fraction of sp³-hybridized carbons (Fsp3) is 0.143. The fourth-order valence-corrected chi connectivity index (χ4v) is 2.69. The highest BCUT2D eigenvalue weighted by Crippen LogP contribution is 2.25. The quantitative estimate of drug-likeness (QED) is 0.387. The van der Waals surface area contributed by atoms with Crippen LogP contribution < -0.4 is 10.8 Å². The van der Waals surface area contributed by atoms with Gasteiger partial charge in [0.15, 0.2) is 0 Å². The van der Waals surface area contributed by atoms with E-state index in [1.54, 1.807) is 36.7 Å². The smallest absolute Gasteiger partial charge is 0.294 e. The zero-order valence-electron chi connectivity index (χ0n) is 15.7. The predicted octanol–water partition coefficient (Wildman–Crippen LogP) is 4.01. The molecule has 2 N–H and O–H groups in total. The number of pyridine rings is 1. The highest BCUT2D eigenvalue weighted by Gasteiger charge is 2.14. The van der Waals surface area contributed by atoms with Gasteiger partial charge in [-0.3, -0.25) is 15.5 Å². The maximum absolute atomic E-state index is 11.3. The second-order valence-corrected chi connectivity index (χ2v) is 6.57. The molecule has 2 aromatic carbocycles. The Morgan fingerprint density at radius 1 is 1.07 bits per heavy atom. The summed E-state index contributed by atoms with van der Waals surface area (Å²) >= 11 is 0. The third-order valence-corrected chi connectivity index (χ3v) is 4.27. The number of hydrazone groups is 1. The molecule has 1 aromatic heterocycles. The summed E-state index contributed by atoms with van der Waals surface area (Å²) < 4.78 is 1.90. The van der Waals surface area contributed by atoms with Crippen LogP contribution in [0.15, 0.2) is 72.1 Å². The Labute approximate surface area is 162 Å².